The van der Waals surface area contributed by atoms with E-state index < -0.39 is 0 Å². The van der Waals surface area contributed by atoms with Crippen LogP contribution in [0.2, 0.25) is 0 Å². The van der Waals surface area contributed by atoms with Crippen molar-refractivity contribution in [3.8, 4) is 17.2 Å². The van der Waals surface area contributed by atoms with Crippen LogP contribution >= 0.6 is 11.8 Å². The molecule has 0 spiro atoms. The Morgan fingerprint density at radius 1 is 1.10 bits per heavy atom. The van der Waals surface area contributed by atoms with E-state index in [9.17, 15) is 14.7 Å². The van der Waals surface area contributed by atoms with Gasteiger partial charge in [0.1, 0.15) is 11.5 Å². The molecule has 0 aliphatic carbocycles. The Hall–Kier alpha value is -4.31. The second kappa shape index (κ2) is 13.0. The number of carbonyl (C=O) groups excluding carboxylic acids is 1. The van der Waals surface area contributed by atoms with Gasteiger partial charge in [0.2, 0.25) is 0 Å². The van der Waals surface area contributed by atoms with Crippen molar-refractivity contribution in [2.75, 3.05) is 30.3 Å². The van der Waals surface area contributed by atoms with Crippen molar-refractivity contribution >= 4 is 40.5 Å². The van der Waals surface area contributed by atoms with Crippen molar-refractivity contribution in [3.05, 3.63) is 82.6 Å². The minimum atomic E-state index is -0.379. The third kappa shape index (κ3) is 6.58. The van der Waals surface area contributed by atoms with Crippen molar-refractivity contribution in [2.24, 2.45) is 5.10 Å². The van der Waals surface area contributed by atoms with Crippen LogP contribution in [0.4, 0.5) is 5.69 Å². The summed E-state index contributed by atoms with van der Waals surface area (Å²) in [5.74, 6) is 0.373. The number of para-hydroxylation sites is 1. The molecule has 0 radical (unpaired) electrons. The largest absolute Gasteiger partial charge is 0.507 e. The molecule has 0 aliphatic heterocycles. The molecule has 1 amide bonds. The van der Waals surface area contributed by atoms with Gasteiger partial charge in [-0.15, -0.1) is 0 Å². The summed E-state index contributed by atoms with van der Waals surface area (Å²) in [5, 5.41) is 15.2. The van der Waals surface area contributed by atoms with E-state index in [1.807, 2.05) is 32.9 Å². The normalized spacial score (nSPS) is 11.2. The van der Waals surface area contributed by atoms with Crippen LogP contribution < -0.4 is 20.6 Å². The number of benzene rings is 3. The molecular formula is C29H31N5O4S. The summed E-state index contributed by atoms with van der Waals surface area (Å²) in [6.07, 6.45) is 1.40. The Kier molecular flexibility index (Phi) is 9.22. The molecule has 202 valence electrons. The molecule has 0 saturated heterocycles. The lowest BCUT2D eigenvalue weighted by Crippen LogP contribution is -2.24. The molecule has 0 bridgehead atoms. The molecule has 2 N–H and O–H groups in total. The number of nitrogens with one attached hydrogen (secondary N) is 1. The van der Waals surface area contributed by atoms with Gasteiger partial charge in [0, 0.05) is 30.4 Å². The fourth-order valence-electron chi connectivity index (χ4n) is 4.06. The van der Waals surface area contributed by atoms with Crippen LogP contribution in [-0.4, -0.2) is 52.2 Å². The molecule has 1 heterocycles. The molecule has 0 fully saturated rings. The van der Waals surface area contributed by atoms with E-state index in [-0.39, 0.29) is 23.0 Å². The summed E-state index contributed by atoms with van der Waals surface area (Å²) in [4.78, 5) is 32.8. The Bertz CT molecular complexity index is 1530. The Morgan fingerprint density at radius 3 is 2.54 bits per heavy atom. The lowest BCUT2D eigenvalue weighted by Gasteiger charge is -2.21. The number of hydrogen-bond acceptors (Lipinski definition) is 8. The highest BCUT2D eigenvalue weighted by Gasteiger charge is 2.15. The molecule has 0 saturated carbocycles. The Balaban J connectivity index is 1.50. The SMILES string of the molecule is CCOc1ccc(-n2c(SCC(=O)N/N=C/c3ccc(N(CC)CC)cc3O)nc3ccccc3c2=O)cc1. The summed E-state index contributed by atoms with van der Waals surface area (Å²) in [5.41, 5.74) is 4.82. The highest BCUT2D eigenvalue weighted by Crippen LogP contribution is 2.24. The number of ether oxygens (including phenoxy) is 1. The number of anilines is 1. The number of phenols is 1. The van der Waals surface area contributed by atoms with Gasteiger partial charge < -0.3 is 14.7 Å². The second-order valence-corrected chi connectivity index (χ2v) is 9.42. The van der Waals surface area contributed by atoms with Gasteiger partial charge in [-0.05, 0) is 69.3 Å². The monoisotopic (exact) mass is 545 g/mol. The van der Waals surface area contributed by atoms with Crippen LogP contribution in [0.5, 0.6) is 11.5 Å². The van der Waals surface area contributed by atoms with Crippen LogP contribution in [-0.2, 0) is 4.79 Å². The lowest BCUT2D eigenvalue weighted by molar-refractivity contribution is -0.118. The molecule has 10 heteroatoms. The lowest BCUT2D eigenvalue weighted by atomic mass is 10.2. The van der Waals surface area contributed by atoms with E-state index >= 15 is 0 Å². The highest BCUT2D eigenvalue weighted by molar-refractivity contribution is 7.99. The number of phenolic OH excluding ortho intramolecular Hbond substituents is 1. The highest BCUT2D eigenvalue weighted by atomic mass is 32.2. The van der Waals surface area contributed by atoms with Crippen molar-refractivity contribution < 1.29 is 14.6 Å². The second-order valence-electron chi connectivity index (χ2n) is 8.48. The summed E-state index contributed by atoms with van der Waals surface area (Å²) in [6.45, 7) is 8.20. The number of amides is 1. The van der Waals surface area contributed by atoms with Gasteiger partial charge in [0.25, 0.3) is 11.5 Å². The smallest absolute Gasteiger partial charge is 0.266 e. The standard InChI is InChI=1S/C29H31N5O4S/c1-4-33(5-2)22-12-11-20(26(35)17-22)18-30-32-27(36)19-39-29-31-25-10-8-7-9-24(25)28(37)34(29)21-13-15-23(16-14-21)38-6-3/h7-18,35H,4-6,19H2,1-3H3,(H,32,36)/b30-18+. The predicted octanol–water partition coefficient (Wildman–Crippen LogP) is 4.58. The molecule has 0 unspecified atom stereocenters. The maximum Gasteiger partial charge on any atom is 0.266 e. The maximum absolute atomic E-state index is 13.4. The molecule has 0 aliphatic rings. The Morgan fingerprint density at radius 2 is 1.85 bits per heavy atom. The first-order valence-corrected chi connectivity index (χ1v) is 13.7. The van der Waals surface area contributed by atoms with E-state index in [1.54, 1.807) is 54.6 Å². The van der Waals surface area contributed by atoms with E-state index in [2.05, 4.69) is 20.4 Å². The number of fused-ring (bicyclic) bond motifs is 1. The summed E-state index contributed by atoms with van der Waals surface area (Å²) in [6, 6.07) is 19.6. The molecule has 4 aromatic rings. The van der Waals surface area contributed by atoms with Crippen LogP contribution in [0.15, 0.2) is 81.8 Å². The fraction of sp³-hybridized carbons (Fsp3) is 0.241. The van der Waals surface area contributed by atoms with Gasteiger partial charge in [-0.25, -0.2) is 10.4 Å². The van der Waals surface area contributed by atoms with Gasteiger partial charge in [-0.2, -0.15) is 5.10 Å². The van der Waals surface area contributed by atoms with Crippen molar-refractivity contribution in [2.45, 2.75) is 25.9 Å². The topological polar surface area (TPSA) is 109 Å². The third-order valence-corrected chi connectivity index (χ3v) is 6.96. The number of hydrogen-bond donors (Lipinski definition) is 2. The number of rotatable bonds is 11. The first kappa shape index (κ1) is 27.7. The van der Waals surface area contributed by atoms with Crippen molar-refractivity contribution in [1.82, 2.24) is 15.0 Å². The predicted molar refractivity (Wildman–Crippen MR) is 157 cm³/mol. The fourth-order valence-corrected chi connectivity index (χ4v) is 4.86. The average Bonchev–Trinajstić information content (AvgIpc) is 2.94. The van der Waals surface area contributed by atoms with Gasteiger partial charge in [0.15, 0.2) is 5.16 Å². The zero-order chi connectivity index (χ0) is 27.8. The number of aromatic nitrogens is 2. The number of thioether (sulfide) groups is 1. The minimum absolute atomic E-state index is 0.0218. The molecule has 1 aromatic heterocycles. The van der Waals surface area contributed by atoms with Crippen molar-refractivity contribution in [1.29, 1.82) is 0 Å². The van der Waals surface area contributed by atoms with Gasteiger partial charge >= 0.3 is 0 Å². The zero-order valence-electron chi connectivity index (χ0n) is 22.1. The number of nitrogens with zero attached hydrogens (tertiary/aromatic N) is 4. The Labute approximate surface area is 231 Å². The third-order valence-electron chi connectivity index (χ3n) is 6.02. The molecule has 39 heavy (non-hydrogen) atoms. The van der Waals surface area contributed by atoms with Gasteiger partial charge in [0.05, 0.1) is 35.2 Å². The van der Waals surface area contributed by atoms with E-state index in [4.69, 9.17) is 4.74 Å². The number of hydrazone groups is 1. The molecule has 9 nitrogen and oxygen atoms in total. The van der Waals surface area contributed by atoms with Gasteiger partial charge in [-0.1, -0.05) is 23.9 Å². The number of carbonyl (C=O) groups is 1. The molecule has 4 rings (SSSR count). The maximum atomic E-state index is 13.4. The van der Waals surface area contributed by atoms with Crippen LogP contribution in [0.25, 0.3) is 16.6 Å². The minimum Gasteiger partial charge on any atom is -0.507 e. The number of aromatic hydroxyl groups is 1. The summed E-state index contributed by atoms with van der Waals surface area (Å²) >= 11 is 1.13. The van der Waals surface area contributed by atoms with Crippen LogP contribution in [0, 0.1) is 0 Å². The van der Waals surface area contributed by atoms with Crippen LogP contribution in [0.1, 0.15) is 26.3 Å². The van der Waals surface area contributed by atoms with Crippen LogP contribution in [0.3, 0.4) is 0 Å². The quantitative estimate of drug-likeness (QED) is 0.123. The zero-order valence-corrected chi connectivity index (χ0v) is 22.9. The van der Waals surface area contributed by atoms with E-state index in [0.717, 1.165) is 30.5 Å². The molecule has 0 atom stereocenters. The summed E-state index contributed by atoms with van der Waals surface area (Å²) in [7, 11) is 0. The van der Waals surface area contributed by atoms with E-state index in [0.29, 0.717) is 39.7 Å². The molecular weight excluding hydrogens is 514 g/mol. The first-order valence-electron chi connectivity index (χ1n) is 12.7. The average molecular weight is 546 g/mol. The van der Waals surface area contributed by atoms with E-state index in [1.165, 1.54) is 10.8 Å². The molecule has 3 aromatic carbocycles. The van der Waals surface area contributed by atoms with Crippen molar-refractivity contribution in [3.63, 3.8) is 0 Å². The summed E-state index contributed by atoms with van der Waals surface area (Å²) < 4.78 is 7.01. The first-order chi connectivity index (χ1) is 18.9. The van der Waals surface area contributed by atoms with Gasteiger partial charge in [-0.3, -0.25) is 14.2 Å².